The lowest BCUT2D eigenvalue weighted by Gasteiger charge is -2.41. The number of carbonyl (C=O) groups excluding carboxylic acids is 2. The number of nitrogens with one attached hydrogen (secondary N) is 1. The van der Waals surface area contributed by atoms with Gasteiger partial charge >= 0.3 is 0 Å². The largest absolute Gasteiger partial charge is 0.476 e. The van der Waals surface area contributed by atoms with Gasteiger partial charge in [-0.25, -0.2) is 0 Å². The second-order valence-corrected chi connectivity index (χ2v) is 7.55. The molecule has 1 heterocycles. The zero-order valence-electron chi connectivity index (χ0n) is 15.9. The van der Waals surface area contributed by atoms with Gasteiger partial charge in [0.2, 0.25) is 5.91 Å². The van der Waals surface area contributed by atoms with Crippen molar-refractivity contribution in [2.45, 2.75) is 45.8 Å². The van der Waals surface area contributed by atoms with Gasteiger partial charge in [-0.2, -0.15) is 0 Å². The van der Waals surface area contributed by atoms with E-state index < -0.39 is 11.6 Å². The summed E-state index contributed by atoms with van der Waals surface area (Å²) in [4.78, 5) is 27.3. The first-order chi connectivity index (χ1) is 12.7. The van der Waals surface area contributed by atoms with Crippen LogP contribution in [0.3, 0.4) is 0 Å². The van der Waals surface area contributed by atoms with Crippen LogP contribution in [0.5, 0.6) is 5.75 Å². The molecule has 27 heavy (non-hydrogen) atoms. The Morgan fingerprint density at radius 3 is 2.52 bits per heavy atom. The zero-order valence-corrected chi connectivity index (χ0v) is 16.6. The average Bonchev–Trinajstić information content (AvgIpc) is 2.63. The summed E-state index contributed by atoms with van der Waals surface area (Å²) < 4.78 is 5.81. The summed E-state index contributed by atoms with van der Waals surface area (Å²) in [6.07, 6.45) is 0.930. The summed E-state index contributed by atoms with van der Waals surface area (Å²) in [5.74, 6) is -0.0478. The highest BCUT2D eigenvalue weighted by atomic mass is 35.5. The summed E-state index contributed by atoms with van der Waals surface area (Å²) in [6, 6.07) is 12.0. The standard InChI is InChI=1S/C21H23ClN2O3/c1-5-14-6-9-16(10-7-14)23-19(25)13(2)24-17-12-15(22)8-11-18(17)27-21(3,4)20(24)26/h6-13H,5H2,1-4H3,(H,23,25). The molecule has 0 radical (unpaired) electrons. The molecule has 5 nitrogen and oxygen atoms in total. The lowest BCUT2D eigenvalue weighted by molar-refractivity contribution is -0.134. The fraction of sp³-hybridized carbons (Fsp3) is 0.333. The van der Waals surface area contributed by atoms with Crippen LogP contribution >= 0.6 is 11.6 Å². The first-order valence-electron chi connectivity index (χ1n) is 8.95. The highest BCUT2D eigenvalue weighted by Crippen LogP contribution is 2.40. The number of benzene rings is 2. The highest BCUT2D eigenvalue weighted by molar-refractivity contribution is 6.31. The molecule has 0 aliphatic carbocycles. The van der Waals surface area contributed by atoms with E-state index in [0.29, 0.717) is 22.1 Å². The zero-order chi connectivity index (χ0) is 19.8. The van der Waals surface area contributed by atoms with E-state index in [4.69, 9.17) is 16.3 Å². The van der Waals surface area contributed by atoms with E-state index in [2.05, 4.69) is 12.2 Å². The average molecular weight is 387 g/mol. The molecule has 1 aliphatic heterocycles. The van der Waals surface area contributed by atoms with Gasteiger partial charge in [-0.1, -0.05) is 30.7 Å². The summed E-state index contributed by atoms with van der Waals surface area (Å²) in [5.41, 5.74) is 1.30. The molecule has 0 aromatic heterocycles. The van der Waals surface area contributed by atoms with Gasteiger partial charge in [0, 0.05) is 10.7 Å². The third-order valence-corrected chi connectivity index (χ3v) is 4.91. The number of hydrogen-bond donors (Lipinski definition) is 1. The van der Waals surface area contributed by atoms with Gasteiger partial charge in [0.15, 0.2) is 5.60 Å². The van der Waals surface area contributed by atoms with Crippen LogP contribution in [0.1, 0.15) is 33.3 Å². The molecule has 1 atom stereocenters. The van der Waals surface area contributed by atoms with Gasteiger partial charge in [0.1, 0.15) is 11.8 Å². The normalized spacial score (nSPS) is 16.3. The fourth-order valence-electron chi connectivity index (χ4n) is 3.06. The van der Waals surface area contributed by atoms with Gasteiger partial charge in [-0.15, -0.1) is 0 Å². The molecule has 0 saturated carbocycles. The number of hydrogen-bond acceptors (Lipinski definition) is 3. The van der Waals surface area contributed by atoms with E-state index in [9.17, 15) is 9.59 Å². The van der Waals surface area contributed by atoms with Crippen molar-refractivity contribution in [1.29, 1.82) is 0 Å². The minimum absolute atomic E-state index is 0.281. The predicted octanol–water partition coefficient (Wildman–Crippen LogP) is 4.43. The number of amides is 2. The van der Waals surface area contributed by atoms with E-state index in [1.807, 2.05) is 24.3 Å². The van der Waals surface area contributed by atoms with Crippen molar-refractivity contribution in [1.82, 2.24) is 0 Å². The van der Waals surface area contributed by atoms with E-state index in [1.54, 1.807) is 39.0 Å². The number of nitrogens with zero attached hydrogens (tertiary/aromatic N) is 1. The van der Waals surface area contributed by atoms with Crippen LogP contribution in [0, 0.1) is 0 Å². The van der Waals surface area contributed by atoms with Crippen LogP contribution in [0.15, 0.2) is 42.5 Å². The third kappa shape index (κ3) is 3.78. The SMILES string of the molecule is CCc1ccc(NC(=O)C(C)N2C(=O)C(C)(C)Oc3ccc(Cl)cc32)cc1. The van der Waals surface area contributed by atoms with Crippen molar-refractivity contribution in [2.24, 2.45) is 0 Å². The molecule has 1 N–H and O–H groups in total. The highest BCUT2D eigenvalue weighted by Gasteiger charge is 2.44. The van der Waals surface area contributed by atoms with Gasteiger partial charge in [0.25, 0.3) is 5.91 Å². The number of anilines is 2. The Labute approximate surface area is 164 Å². The third-order valence-electron chi connectivity index (χ3n) is 4.68. The Morgan fingerprint density at radius 2 is 1.89 bits per heavy atom. The van der Waals surface area contributed by atoms with E-state index in [0.717, 1.165) is 6.42 Å². The number of ether oxygens (including phenoxy) is 1. The quantitative estimate of drug-likeness (QED) is 0.845. The number of halogens is 1. The molecule has 2 aromatic rings. The molecule has 0 bridgehead atoms. The molecule has 2 aromatic carbocycles. The van der Waals surface area contributed by atoms with E-state index in [1.165, 1.54) is 10.5 Å². The molecule has 3 rings (SSSR count). The Kier molecular flexibility index (Phi) is 5.16. The van der Waals surface area contributed by atoms with E-state index >= 15 is 0 Å². The minimum atomic E-state index is -1.07. The smallest absolute Gasteiger partial charge is 0.271 e. The van der Waals surface area contributed by atoms with Crippen LogP contribution in [0.4, 0.5) is 11.4 Å². The van der Waals surface area contributed by atoms with Crippen molar-refractivity contribution in [3.05, 3.63) is 53.1 Å². The molecule has 0 spiro atoms. The Hall–Kier alpha value is -2.53. The topological polar surface area (TPSA) is 58.6 Å². The number of carbonyl (C=O) groups is 2. The van der Waals surface area contributed by atoms with Crippen molar-refractivity contribution >= 4 is 34.8 Å². The number of fused-ring (bicyclic) bond motifs is 1. The van der Waals surface area contributed by atoms with Gasteiger partial charge < -0.3 is 10.1 Å². The monoisotopic (exact) mass is 386 g/mol. The van der Waals surface area contributed by atoms with Crippen molar-refractivity contribution in [2.75, 3.05) is 10.2 Å². The van der Waals surface area contributed by atoms with Crippen LogP contribution in [-0.2, 0) is 16.0 Å². The summed E-state index contributed by atoms with van der Waals surface area (Å²) in [5, 5.41) is 3.35. The lowest BCUT2D eigenvalue weighted by atomic mass is 10.0. The van der Waals surface area contributed by atoms with Crippen molar-refractivity contribution in [3.8, 4) is 5.75 Å². The number of aryl methyl sites for hydroxylation is 1. The predicted molar refractivity (Wildman–Crippen MR) is 108 cm³/mol. The molecule has 1 unspecified atom stereocenters. The van der Waals surface area contributed by atoms with Crippen LogP contribution in [0.25, 0.3) is 0 Å². The van der Waals surface area contributed by atoms with Crippen LogP contribution in [0.2, 0.25) is 5.02 Å². The Balaban J connectivity index is 1.89. The molecular formula is C21H23ClN2O3. The molecule has 0 fully saturated rings. The molecule has 2 amide bonds. The van der Waals surface area contributed by atoms with Gasteiger partial charge in [0.05, 0.1) is 5.69 Å². The molecule has 142 valence electrons. The first-order valence-corrected chi connectivity index (χ1v) is 9.32. The summed E-state index contributed by atoms with van der Waals surface area (Å²) >= 11 is 6.11. The summed E-state index contributed by atoms with van der Waals surface area (Å²) in [6.45, 7) is 7.14. The maximum Gasteiger partial charge on any atom is 0.271 e. The maximum absolute atomic E-state index is 13.0. The van der Waals surface area contributed by atoms with Gasteiger partial charge in [-0.3, -0.25) is 14.5 Å². The molecule has 1 aliphatic rings. The number of rotatable bonds is 4. The maximum atomic E-state index is 13.0. The summed E-state index contributed by atoms with van der Waals surface area (Å²) in [7, 11) is 0. The van der Waals surface area contributed by atoms with Crippen molar-refractivity contribution in [3.63, 3.8) is 0 Å². The minimum Gasteiger partial charge on any atom is -0.476 e. The second kappa shape index (κ2) is 7.24. The lowest BCUT2D eigenvalue weighted by Crippen LogP contribution is -2.57. The molecule has 6 heteroatoms. The fourth-order valence-corrected chi connectivity index (χ4v) is 3.22. The molecular weight excluding hydrogens is 364 g/mol. The molecule has 0 saturated heterocycles. The van der Waals surface area contributed by atoms with Crippen molar-refractivity contribution < 1.29 is 14.3 Å². The second-order valence-electron chi connectivity index (χ2n) is 7.12. The van der Waals surface area contributed by atoms with E-state index in [-0.39, 0.29) is 11.8 Å². The Bertz CT molecular complexity index is 877. The van der Waals surface area contributed by atoms with Crippen LogP contribution < -0.4 is 15.0 Å². The van der Waals surface area contributed by atoms with Gasteiger partial charge in [-0.05, 0) is 63.1 Å². The first kappa shape index (κ1) is 19.2. The Morgan fingerprint density at radius 1 is 1.22 bits per heavy atom. The van der Waals surface area contributed by atoms with Crippen LogP contribution in [-0.4, -0.2) is 23.5 Å².